The van der Waals surface area contributed by atoms with Gasteiger partial charge >= 0.3 is 5.97 Å². The van der Waals surface area contributed by atoms with E-state index >= 15 is 0 Å². The fraction of sp³-hybridized carbons (Fsp3) is 0.900. The third-order valence-electron chi connectivity index (χ3n) is 13.2. The molecule has 0 spiro atoms. The van der Waals surface area contributed by atoms with Crippen molar-refractivity contribution < 1.29 is 20.1 Å². The minimum Gasteiger partial charge on any atom is -0.481 e. The molecule has 3 fully saturated rings. The normalized spacial score (nSPS) is 54.4. The molecule has 192 valence electrons. The molecule has 0 radical (unpaired) electrons. The molecule has 0 aromatic heterocycles. The second kappa shape index (κ2) is 7.12. The van der Waals surface area contributed by atoms with Gasteiger partial charge in [0.25, 0.3) is 0 Å². The SMILES string of the molecule is CC1(C)[C@@H](O)[C@@H](O)C[C@]2(C)C3=C(CC[C@@H]12)[C@@]1(C)CC[C@@]2(C)CC[C@@](C)(C(=O)O)C[C@H]2[C@]1(C)CC3. The minimum absolute atomic E-state index is 0.0665. The van der Waals surface area contributed by atoms with Crippen molar-refractivity contribution in [3.05, 3.63) is 11.1 Å². The summed E-state index contributed by atoms with van der Waals surface area (Å²) in [6.07, 6.45) is 8.65. The van der Waals surface area contributed by atoms with E-state index in [0.717, 1.165) is 44.9 Å². The van der Waals surface area contributed by atoms with Gasteiger partial charge in [0, 0.05) is 0 Å². The molecule has 3 saturated carbocycles. The van der Waals surface area contributed by atoms with Crippen LogP contribution in [0.5, 0.6) is 0 Å². The fourth-order valence-electron chi connectivity index (χ4n) is 10.6. The van der Waals surface area contributed by atoms with Gasteiger partial charge in [-0.1, -0.05) is 52.7 Å². The topological polar surface area (TPSA) is 77.8 Å². The van der Waals surface area contributed by atoms with Gasteiger partial charge in [0.15, 0.2) is 0 Å². The Balaban J connectivity index is 1.60. The van der Waals surface area contributed by atoms with Crippen LogP contribution in [0.1, 0.15) is 113 Å². The van der Waals surface area contributed by atoms with E-state index in [4.69, 9.17) is 0 Å². The fourth-order valence-corrected chi connectivity index (χ4v) is 10.6. The Hall–Kier alpha value is -0.870. The van der Waals surface area contributed by atoms with E-state index in [0.29, 0.717) is 18.3 Å². The number of aliphatic hydroxyl groups is 2. The Bertz CT molecular complexity index is 936. The van der Waals surface area contributed by atoms with Crippen LogP contribution < -0.4 is 0 Å². The van der Waals surface area contributed by atoms with E-state index in [1.807, 2.05) is 6.92 Å². The standard InChI is InChI=1S/C30H48O4/c1-25(2)21-9-8-19-18(28(21,5)16-20(31)23(25)32)10-11-30(7)22-17-27(4,24(33)34)13-12-26(22,3)14-15-29(19,30)6/h20-23,31-32H,8-17H2,1-7H3,(H,33,34)/t20-,21-,22+,23-,26+,27+,28+,29+,30-/m0/s1. The van der Waals surface area contributed by atoms with Crippen molar-refractivity contribution in [1.82, 2.24) is 0 Å². The molecule has 3 N–H and O–H groups in total. The largest absolute Gasteiger partial charge is 0.481 e. The molecule has 34 heavy (non-hydrogen) atoms. The third-order valence-corrected chi connectivity index (χ3v) is 13.2. The Morgan fingerprint density at radius 3 is 2.09 bits per heavy atom. The zero-order chi connectivity index (χ0) is 25.1. The summed E-state index contributed by atoms with van der Waals surface area (Å²) in [5.74, 6) is 0.179. The Labute approximate surface area is 206 Å². The van der Waals surface area contributed by atoms with Gasteiger partial charge in [-0.2, -0.15) is 0 Å². The van der Waals surface area contributed by atoms with Crippen molar-refractivity contribution in [2.45, 2.75) is 125 Å². The van der Waals surface area contributed by atoms with Crippen LogP contribution in [0.25, 0.3) is 0 Å². The van der Waals surface area contributed by atoms with E-state index in [2.05, 4.69) is 41.5 Å². The Morgan fingerprint density at radius 1 is 0.794 bits per heavy atom. The van der Waals surface area contributed by atoms with Gasteiger partial charge in [0.05, 0.1) is 17.6 Å². The molecule has 0 aromatic rings. The van der Waals surface area contributed by atoms with Gasteiger partial charge in [-0.05, 0) is 110 Å². The first kappa shape index (κ1) is 24.8. The second-order valence-corrected chi connectivity index (χ2v) is 15.0. The molecule has 0 amide bonds. The predicted molar refractivity (Wildman–Crippen MR) is 134 cm³/mol. The summed E-state index contributed by atoms with van der Waals surface area (Å²) < 4.78 is 0. The third kappa shape index (κ3) is 2.88. The molecule has 0 bridgehead atoms. The van der Waals surface area contributed by atoms with Crippen LogP contribution in [0.15, 0.2) is 11.1 Å². The van der Waals surface area contributed by atoms with E-state index in [1.165, 1.54) is 12.8 Å². The number of aliphatic carboxylic acids is 1. The summed E-state index contributed by atoms with van der Waals surface area (Å²) in [5, 5.41) is 31.9. The zero-order valence-corrected chi connectivity index (χ0v) is 22.6. The molecule has 5 aliphatic rings. The lowest BCUT2D eigenvalue weighted by Crippen LogP contribution is -2.63. The number of fused-ring (bicyclic) bond motifs is 6. The molecule has 4 nitrogen and oxygen atoms in total. The number of allylic oxidation sites excluding steroid dienone is 2. The minimum atomic E-state index is -0.673. The van der Waals surface area contributed by atoms with Crippen LogP contribution in [0.2, 0.25) is 0 Å². The van der Waals surface area contributed by atoms with Crippen molar-refractivity contribution in [2.75, 3.05) is 0 Å². The maximum Gasteiger partial charge on any atom is 0.309 e. The number of aliphatic hydroxyl groups excluding tert-OH is 2. The van der Waals surface area contributed by atoms with Crippen LogP contribution in [0.3, 0.4) is 0 Å². The van der Waals surface area contributed by atoms with Crippen LogP contribution >= 0.6 is 0 Å². The maximum atomic E-state index is 12.3. The van der Waals surface area contributed by atoms with Gasteiger partial charge in [0.1, 0.15) is 0 Å². The summed E-state index contributed by atoms with van der Waals surface area (Å²) >= 11 is 0. The molecule has 0 aromatic carbocycles. The van der Waals surface area contributed by atoms with Gasteiger partial charge < -0.3 is 15.3 Å². The molecule has 0 aliphatic heterocycles. The summed E-state index contributed by atoms with van der Waals surface area (Å²) in [6, 6.07) is 0. The molecule has 0 heterocycles. The maximum absolute atomic E-state index is 12.3. The van der Waals surface area contributed by atoms with Crippen molar-refractivity contribution in [3.8, 4) is 0 Å². The molecule has 0 saturated heterocycles. The second-order valence-electron chi connectivity index (χ2n) is 15.0. The summed E-state index contributed by atoms with van der Waals surface area (Å²) in [5.41, 5.74) is 2.66. The summed E-state index contributed by atoms with van der Waals surface area (Å²) in [4.78, 5) is 12.3. The van der Waals surface area contributed by atoms with Gasteiger partial charge in [-0.25, -0.2) is 0 Å². The lowest BCUT2D eigenvalue weighted by atomic mass is 9.35. The van der Waals surface area contributed by atoms with Crippen molar-refractivity contribution >= 4 is 5.97 Å². The van der Waals surface area contributed by atoms with E-state index in [9.17, 15) is 20.1 Å². The smallest absolute Gasteiger partial charge is 0.309 e. The monoisotopic (exact) mass is 472 g/mol. The molecule has 9 atom stereocenters. The van der Waals surface area contributed by atoms with Gasteiger partial charge in [0.2, 0.25) is 0 Å². The molecule has 4 heteroatoms. The number of carboxylic acids is 1. The van der Waals surface area contributed by atoms with Crippen LogP contribution in [-0.2, 0) is 4.79 Å². The average molecular weight is 473 g/mol. The number of carboxylic acid groups (broad SMARTS) is 1. The van der Waals surface area contributed by atoms with Crippen molar-refractivity contribution in [1.29, 1.82) is 0 Å². The summed E-state index contributed by atoms with van der Waals surface area (Å²) in [6.45, 7) is 16.1. The number of hydrogen-bond acceptors (Lipinski definition) is 3. The highest BCUT2D eigenvalue weighted by molar-refractivity contribution is 5.74. The van der Waals surface area contributed by atoms with Gasteiger partial charge in [-0.15, -0.1) is 0 Å². The number of rotatable bonds is 1. The number of carbonyl (C=O) groups is 1. The molecule has 5 rings (SSSR count). The Kier molecular flexibility index (Phi) is 5.20. The average Bonchev–Trinajstić information content (AvgIpc) is 2.75. The zero-order valence-electron chi connectivity index (χ0n) is 22.6. The first-order valence-electron chi connectivity index (χ1n) is 13.9. The van der Waals surface area contributed by atoms with Gasteiger partial charge in [-0.3, -0.25) is 4.79 Å². The van der Waals surface area contributed by atoms with Crippen molar-refractivity contribution in [2.24, 2.45) is 44.3 Å². The lowest BCUT2D eigenvalue weighted by molar-refractivity contribution is -0.180. The van der Waals surface area contributed by atoms with E-state index in [1.54, 1.807) is 11.1 Å². The van der Waals surface area contributed by atoms with E-state index < -0.39 is 23.6 Å². The quantitative estimate of drug-likeness (QED) is 0.389. The molecule has 0 unspecified atom stereocenters. The Morgan fingerprint density at radius 2 is 1.44 bits per heavy atom. The lowest BCUT2D eigenvalue weighted by Gasteiger charge is -2.69. The highest BCUT2D eigenvalue weighted by atomic mass is 16.4. The first-order chi connectivity index (χ1) is 15.6. The highest BCUT2D eigenvalue weighted by Gasteiger charge is 2.67. The number of hydrogen-bond donors (Lipinski definition) is 3. The van der Waals surface area contributed by atoms with Crippen LogP contribution in [-0.4, -0.2) is 33.5 Å². The van der Waals surface area contributed by atoms with Crippen LogP contribution in [0, 0.1) is 44.3 Å². The van der Waals surface area contributed by atoms with Crippen LogP contribution in [0.4, 0.5) is 0 Å². The highest BCUT2D eigenvalue weighted by Crippen LogP contribution is 2.75. The first-order valence-corrected chi connectivity index (χ1v) is 13.9. The van der Waals surface area contributed by atoms with E-state index in [-0.39, 0.29) is 27.1 Å². The molecular weight excluding hydrogens is 424 g/mol. The predicted octanol–water partition coefficient (Wildman–Crippen LogP) is 6.35. The molecular formula is C30H48O4. The van der Waals surface area contributed by atoms with Crippen molar-refractivity contribution in [3.63, 3.8) is 0 Å². The summed E-state index contributed by atoms with van der Waals surface area (Å²) in [7, 11) is 0. The molecule has 5 aliphatic carbocycles.